The lowest BCUT2D eigenvalue weighted by Crippen LogP contribution is -2.33. The summed E-state index contributed by atoms with van der Waals surface area (Å²) >= 11 is 1.03. The number of carboxylic acid groups (broad SMARTS) is 1. The molecule has 168 valence electrons. The third-order valence-corrected chi connectivity index (χ3v) is 6.28. The molecule has 0 aromatic heterocycles. The molecular formula is C23H25N3O5S. The number of carboxylic acids is 1. The Morgan fingerprint density at radius 1 is 1.12 bits per heavy atom. The number of hydrogen-bond acceptors (Lipinski definition) is 6. The maximum Gasteiger partial charge on any atom is 0.337 e. The van der Waals surface area contributed by atoms with E-state index in [1.165, 1.54) is 28.7 Å². The van der Waals surface area contributed by atoms with Gasteiger partial charge in [0.15, 0.2) is 0 Å². The summed E-state index contributed by atoms with van der Waals surface area (Å²) in [5.41, 5.74) is 8.30. The second-order valence-corrected chi connectivity index (χ2v) is 8.65. The van der Waals surface area contributed by atoms with E-state index in [-0.39, 0.29) is 41.3 Å². The maximum atomic E-state index is 12.7. The minimum absolute atomic E-state index is 0.0394. The molecule has 32 heavy (non-hydrogen) atoms. The predicted octanol–water partition coefficient (Wildman–Crippen LogP) is 3.55. The van der Waals surface area contributed by atoms with Gasteiger partial charge in [0.05, 0.1) is 10.8 Å². The molecule has 1 heterocycles. The number of carbonyl (C=O) groups excluding carboxylic acids is 3. The fourth-order valence-electron chi connectivity index (χ4n) is 3.41. The summed E-state index contributed by atoms with van der Waals surface area (Å²) in [5.74, 6) is -1.68. The molecular weight excluding hydrogens is 430 g/mol. The van der Waals surface area contributed by atoms with E-state index in [0.29, 0.717) is 18.5 Å². The van der Waals surface area contributed by atoms with Crippen LogP contribution < -0.4 is 11.1 Å². The summed E-state index contributed by atoms with van der Waals surface area (Å²) in [6.45, 7) is 2.25. The number of hydrogen-bond donors (Lipinski definition) is 3. The molecule has 0 saturated carbocycles. The average Bonchev–Trinajstić information content (AvgIpc) is 3.01. The molecule has 8 nitrogen and oxygen atoms in total. The van der Waals surface area contributed by atoms with Crippen LogP contribution in [0.25, 0.3) is 0 Å². The van der Waals surface area contributed by atoms with Gasteiger partial charge in [0.1, 0.15) is 0 Å². The number of nitrogen functional groups attached to an aromatic ring is 1. The molecule has 1 saturated heterocycles. The molecule has 1 aliphatic rings. The third kappa shape index (κ3) is 5.67. The van der Waals surface area contributed by atoms with Gasteiger partial charge in [-0.25, -0.2) is 4.79 Å². The van der Waals surface area contributed by atoms with Gasteiger partial charge in [0, 0.05) is 24.3 Å². The standard InChI is InChI=1S/C23H25N3O5S/c1-2-14-5-7-15(8-6-14)12-19-21(28)26(23(31)32-19)11-3-4-20(27)25-16-9-10-17(22(29)30)18(24)13-16/h5-10,13,19H,2-4,11-12,24H2,1H3,(H,25,27)(H,29,30). The molecule has 2 aromatic rings. The van der Waals surface area contributed by atoms with E-state index in [0.717, 1.165) is 23.7 Å². The van der Waals surface area contributed by atoms with Crippen LogP contribution in [0.5, 0.6) is 0 Å². The first-order valence-corrected chi connectivity index (χ1v) is 11.2. The normalized spacial score (nSPS) is 15.8. The quantitative estimate of drug-likeness (QED) is 0.493. The fourth-order valence-corrected chi connectivity index (χ4v) is 4.47. The minimum Gasteiger partial charge on any atom is -0.478 e. The number of anilines is 2. The first-order valence-electron chi connectivity index (χ1n) is 10.3. The average molecular weight is 456 g/mol. The lowest BCUT2D eigenvalue weighted by atomic mass is 10.1. The second-order valence-electron chi connectivity index (χ2n) is 7.50. The van der Waals surface area contributed by atoms with Crippen LogP contribution in [0.1, 0.15) is 41.3 Å². The Kier molecular flexibility index (Phi) is 7.53. The monoisotopic (exact) mass is 455 g/mol. The van der Waals surface area contributed by atoms with Crippen molar-refractivity contribution in [1.29, 1.82) is 0 Å². The molecule has 1 unspecified atom stereocenters. The van der Waals surface area contributed by atoms with Crippen molar-refractivity contribution in [2.75, 3.05) is 17.6 Å². The summed E-state index contributed by atoms with van der Waals surface area (Å²) in [6.07, 6.45) is 1.86. The molecule has 0 bridgehead atoms. The molecule has 1 aliphatic heterocycles. The predicted molar refractivity (Wildman–Crippen MR) is 124 cm³/mol. The van der Waals surface area contributed by atoms with Gasteiger partial charge in [-0.15, -0.1) is 0 Å². The Morgan fingerprint density at radius 3 is 2.44 bits per heavy atom. The van der Waals surface area contributed by atoms with Crippen molar-refractivity contribution in [2.24, 2.45) is 0 Å². The van der Waals surface area contributed by atoms with Gasteiger partial charge in [-0.05, 0) is 48.6 Å². The first kappa shape index (κ1) is 23.3. The molecule has 3 amide bonds. The van der Waals surface area contributed by atoms with Gasteiger partial charge in [0.25, 0.3) is 5.24 Å². The number of imide groups is 1. The van der Waals surface area contributed by atoms with E-state index in [2.05, 4.69) is 12.2 Å². The van der Waals surface area contributed by atoms with Crippen molar-refractivity contribution in [3.8, 4) is 0 Å². The lowest BCUT2D eigenvalue weighted by molar-refractivity contribution is -0.127. The summed E-state index contributed by atoms with van der Waals surface area (Å²) in [6, 6.07) is 12.2. The molecule has 0 spiro atoms. The Hall–Kier alpha value is -3.33. The highest BCUT2D eigenvalue weighted by Crippen LogP contribution is 2.30. The van der Waals surface area contributed by atoms with Crippen LogP contribution in [0.4, 0.5) is 16.2 Å². The molecule has 1 fully saturated rings. The zero-order chi connectivity index (χ0) is 23.3. The second kappa shape index (κ2) is 10.3. The molecule has 2 aromatic carbocycles. The zero-order valence-corrected chi connectivity index (χ0v) is 18.5. The van der Waals surface area contributed by atoms with Crippen LogP contribution in [0.2, 0.25) is 0 Å². The number of nitrogens with one attached hydrogen (secondary N) is 1. The Bertz CT molecular complexity index is 1040. The van der Waals surface area contributed by atoms with E-state index < -0.39 is 11.2 Å². The highest BCUT2D eigenvalue weighted by Gasteiger charge is 2.39. The molecule has 0 radical (unpaired) electrons. The van der Waals surface area contributed by atoms with Crippen LogP contribution in [-0.2, 0) is 22.4 Å². The summed E-state index contributed by atoms with van der Waals surface area (Å²) in [5, 5.41) is 10.9. The van der Waals surface area contributed by atoms with Crippen molar-refractivity contribution in [2.45, 2.75) is 37.9 Å². The van der Waals surface area contributed by atoms with Crippen LogP contribution in [-0.4, -0.2) is 44.8 Å². The van der Waals surface area contributed by atoms with Gasteiger partial charge in [-0.1, -0.05) is 43.0 Å². The molecule has 3 rings (SSSR count). The van der Waals surface area contributed by atoms with Gasteiger partial charge in [-0.3, -0.25) is 19.3 Å². The number of benzene rings is 2. The van der Waals surface area contributed by atoms with Crippen molar-refractivity contribution in [1.82, 2.24) is 4.90 Å². The van der Waals surface area contributed by atoms with Gasteiger partial charge < -0.3 is 16.2 Å². The van der Waals surface area contributed by atoms with Crippen LogP contribution in [0.15, 0.2) is 42.5 Å². The number of thioether (sulfide) groups is 1. The number of amides is 3. The number of aromatic carboxylic acids is 1. The van der Waals surface area contributed by atoms with Crippen LogP contribution >= 0.6 is 11.8 Å². The summed E-state index contributed by atoms with van der Waals surface area (Å²) < 4.78 is 0. The molecule has 0 aliphatic carbocycles. The van der Waals surface area contributed by atoms with Crippen LogP contribution in [0, 0.1) is 0 Å². The smallest absolute Gasteiger partial charge is 0.337 e. The van der Waals surface area contributed by atoms with Crippen molar-refractivity contribution in [3.63, 3.8) is 0 Å². The number of carbonyl (C=O) groups is 4. The largest absolute Gasteiger partial charge is 0.478 e. The highest BCUT2D eigenvalue weighted by molar-refractivity contribution is 8.15. The van der Waals surface area contributed by atoms with Crippen molar-refractivity contribution in [3.05, 3.63) is 59.2 Å². The zero-order valence-electron chi connectivity index (χ0n) is 17.7. The lowest BCUT2D eigenvalue weighted by Gasteiger charge is -2.14. The first-order chi connectivity index (χ1) is 15.3. The number of nitrogens with zero attached hydrogens (tertiary/aromatic N) is 1. The summed E-state index contributed by atoms with van der Waals surface area (Å²) in [7, 11) is 0. The van der Waals surface area contributed by atoms with Gasteiger partial charge in [0.2, 0.25) is 11.8 Å². The number of rotatable bonds is 9. The topological polar surface area (TPSA) is 130 Å². The molecule has 4 N–H and O–H groups in total. The van der Waals surface area contributed by atoms with E-state index in [1.807, 2.05) is 24.3 Å². The Morgan fingerprint density at radius 2 is 1.81 bits per heavy atom. The SMILES string of the molecule is CCc1ccc(CC2SC(=O)N(CCCC(=O)Nc3ccc(C(=O)O)c(N)c3)C2=O)cc1. The Balaban J connectivity index is 1.48. The van der Waals surface area contributed by atoms with E-state index in [4.69, 9.17) is 10.8 Å². The van der Waals surface area contributed by atoms with E-state index in [9.17, 15) is 19.2 Å². The molecule has 1 atom stereocenters. The highest BCUT2D eigenvalue weighted by atomic mass is 32.2. The van der Waals surface area contributed by atoms with Crippen molar-refractivity contribution < 1.29 is 24.3 Å². The molecule has 9 heteroatoms. The van der Waals surface area contributed by atoms with Gasteiger partial charge in [-0.2, -0.15) is 0 Å². The number of nitrogens with two attached hydrogens (primary N) is 1. The fraction of sp³-hybridized carbons (Fsp3) is 0.304. The minimum atomic E-state index is -1.14. The van der Waals surface area contributed by atoms with E-state index >= 15 is 0 Å². The summed E-state index contributed by atoms with van der Waals surface area (Å²) in [4.78, 5) is 49.3. The third-order valence-electron chi connectivity index (χ3n) is 5.21. The Labute approximate surface area is 190 Å². The van der Waals surface area contributed by atoms with Gasteiger partial charge >= 0.3 is 5.97 Å². The maximum absolute atomic E-state index is 12.7. The van der Waals surface area contributed by atoms with Crippen molar-refractivity contribution >= 4 is 46.2 Å². The van der Waals surface area contributed by atoms with E-state index in [1.54, 1.807) is 0 Å². The number of aryl methyl sites for hydroxylation is 1. The van der Waals surface area contributed by atoms with Crippen LogP contribution in [0.3, 0.4) is 0 Å².